The normalized spacial score (nSPS) is 26.4. The molecule has 3 aliphatic rings. The first-order chi connectivity index (χ1) is 28.3. The largest absolute Gasteiger partial charge is 0.460 e. The number of nitrogens with two attached hydrogens (primary N) is 1. The zero-order valence-corrected chi connectivity index (χ0v) is 37.1. The lowest BCUT2D eigenvalue weighted by molar-refractivity contribution is -0.157. The van der Waals surface area contributed by atoms with Crippen LogP contribution >= 0.6 is 0 Å². The summed E-state index contributed by atoms with van der Waals surface area (Å²) in [6, 6.07) is -4.79. The minimum atomic E-state index is -1.44. The van der Waals surface area contributed by atoms with E-state index in [0.717, 1.165) is 38.5 Å². The minimum absolute atomic E-state index is 0.00940. The molecule has 3 fully saturated rings. The van der Waals surface area contributed by atoms with E-state index < -0.39 is 108 Å². The van der Waals surface area contributed by atoms with Gasteiger partial charge in [-0.2, -0.15) is 0 Å². The molecule has 60 heavy (non-hydrogen) atoms. The van der Waals surface area contributed by atoms with Crippen molar-refractivity contribution in [2.45, 2.75) is 155 Å². The first-order valence-electron chi connectivity index (χ1n) is 21.9. The number of ether oxygens (including phenoxy) is 2. The van der Waals surface area contributed by atoms with E-state index in [9.17, 15) is 38.4 Å². The van der Waals surface area contributed by atoms with Crippen LogP contribution in [0.1, 0.15) is 119 Å². The number of unbranched alkanes of at least 4 members (excludes halogenated alkanes) is 3. The molecule has 340 valence electrons. The minimum Gasteiger partial charge on any atom is -0.460 e. The van der Waals surface area contributed by atoms with Crippen LogP contribution in [0.3, 0.4) is 0 Å². The first kappa shape index (κ1) is 49.9. The zero-order chi connectivity index (χ0) is 44.7. The molecule has 0 radical (unpaired) electrons. The van der Waals surface area contributed by atoms with E-state index in [1.807, 2.05) is 13.8 Å². The molecule has 0 spiro atoms. The van der Waals surface area contributed by atoms with Gasteiger partial charge in [0, 0.05) is 33.2 Å². The molecule has 2 saturated heterocycles. The van der Waals surface area contributed by atoms with Gasteiger partial charge in [-0.15, -0.1) is 0 Å². The standard InChI is InChI=1S/C42H72N8O10/c1-9-10-11-15-18-32-26(4)40(57)49(8)31(19-25(2)3)38(55)48-34(27-16-13-12-14-17-27)39(56)46-29(20-43)37(54)47-30(36(53)45-22-33(51)59-32)21-44-35(52)28-23-50(24-28)41(58)60-42(5,6)7/h25-32,34H,9-24,43H2,1-8H3,(H,44,52)(H,45,53)(H,46,56)(H,47,54)(H,48,55)/t26-,29+,30+,31+,32-,34+/m1/s1. The number of rotatable bonds is 12. The van der Waals surface area contributed by atoms with E-state index in [1.54, 1.807) is 27.7 Å². The van der Waals surface area contributed by atoms with Gasteiger partial charge in [-0.1, -0.05) is 66.2 Å². The number of amides is 7. The van der Waals surface area contributed by atoms with Crippen molar-refractivity contribution in [1.82, 2.24) is 36.4 Å². The number of nitrogens with zero attached hydrogens (tertiary/aromatic N) is 2. The predicted molar refractivity (Wildman–Crippen MR) is 223 cm³/mol. The second-order valence-corrected chi connectivity index (χ2v) is 18.0. The molecule has 18 heteroatoms. The molecule has 0 aromatic carbocycles. The number of carbonyl (C=O) groups is 8. The van der Waals surface area contributed by atoms with E-state index in [4.69, 9.17) is 15.2 Å². The van der Waals surface area contributed by atoms with Crippen molar-refractivity contribution in [3.63, 3.8) is 0 Å². The monoisotopic (exact) mass is 849 g/mol. The molecule has 0 bridgehead atoms. The number of likely N-dealkylation sites (tertiary alicyclic amines) is 1. The topological polar surface area (TPSA) is 248 Å². The number of carbonyl (C=O) groups excluding carboxylic acids is 8. The van der Waals surface area contributed by atoms with Crippen LogP contribution in [0.2, 0.25) is 0 Å². The van der Waals surface area contributed by atoms with Crippen LogP contribution in [0, 0.1) is 23.7 Å². The summed E-state index contributed by atoms with van der Waals surface area (Å²) in [7, 11) is 1.54. The number of likely N-dealkylation sites (N-methyl/N-ethyl adjacent to an activating group) is 1. The van der Waals surface area contributed by atoms with Gasteiger partial charge in [-0.05, 0) is 64.7 Å². The van der Waals surface area contributed by atoms with E-state index in [2.05, 4.69) is 33.5 Å². The average Bonchev–Trinajstić information content (AvgIpc) is 3.17. The number of nitrogens with one attached hydrogen (secondary N) is 5. The highest BCUT2D eigenvalue weighted by molar-refractivity contribution is 5.96. The van der Waals surface area contributed by atoms with Gasteiger partial charge < -0.3 is 51.6 Å². The molecular weight excluding hydrogens is 777 g/mol. The number of hydrogen-bond acceptors (Lipinski definition) is 11. The summed E-state index contributed by atoms with van der Waals surface area (Å²) in [4.78, 5) is 112. The predicted octanol–water partition coefficient (Wildman–Crippen LogP) is 1.48. The third-order valence-corrected chi connectivity index (χ3v) is 11.4. The maximum Gasteiger partial charge on any atom is 0.410 e. The molecule has 0 aromatic rings. The molecule has 1 aliphatic carbocycles. The molecule has 18 nitrogen and oxygen atoms in total. The number of cyclic esters (lactones) is 1. The summed E-state index contributed by atoms with van der Waals surface area (Å²) >= 11 is 0. The molecule has 2 aliphatic heterocycles. The molecular formula is C42H72N8O10. The molecule has 0 unspecified atom stereocenters. The van der Waals surface area contributed by atoms with Crippen LogP contribution in [0.5, 0.6) is 0 Å². The SMILES string of the molecule is CCCCCC[C@H]1OC(=O)CNC(=O)[C@H](CNC(=O)C2CN(C(=O)OC(C)(C)C)C2)NC(=O)[C@H](CN)NC(=O)[C@H](C2CCCCC2)NC(=O)[C@H](CC(C)C)N(C)C(=O)[C@@H]1C. The van der Waals surface area contributed by atoms with Crippen molar-refractivity contribution in [3.8, 4) is 0 Å². The van der Waals surface area contributed by atoms with Crippen LogP contribution in [0.25, 0.3) is 0 Å². The quantitative estimate of drug-likeness (QED) is 0.121. The Hall–Kier alpha value is -4.48. The molecule has 2 heterocycles. The Balaban J connectivity index is 1.94. The van der Waals surface area contributed by atoms with Crippen LogP contribution in [0.4, 0.5) is 4.79 Å². The van der Waals surface area contributed by atoms with Gasteiger partial charge in [0.25, 0.3) is 0 Å². The molecule has 1 saturated carbocycles. The molecule has 3 rings (SSSR count). The lowest BCUT2D eigenvalue weighted by Crippen LogP contribution is -2.63. The number of esters is 1. The first-order valence-corrected chi connectivity index (χ1v) is 21.9. The summed E-state index contributed by atoms with van der Waals surface area (Å²) < 4.78 is 11.2. The Bertz CT molecular complexity index is 1510. The Morgan fingerprint density at radius 1 is 0.900 bits per heavy atom. The fraction of sp³-hybridized carbons (Fsp3) is 0.810. The van der Waals surface area contributed by atoms with Crippen LogP contribution < -0.4 is 32.3 Å². The second kappa shape index (κ2) is 23.5. The Labute approximate surface area is 355 Å². The maximum atomic E-state index is 14.2. The highest BCUT2D eigenvalue weighted by Gasteiger charge is 2.41. The van der Waals surface area contributed by atoms with E-state index in [1.165, 1.54) is 16.8 Å². The Kier molecular flexibility index (Phi) is 19.5. The van der Waals surface area contributed by atoms with Gasteiger partial charge in [0.15, 0.2) is 0 Å². The van der Waals surface area contributed by atoms with Crippen molar-refractivity contribution in [2.24, 2.45) is 29.4 Å². The molecule has 6 atom stereocenters. The summed E-state index contributed by atoms with van der Waals surface area (Å²) in [6.45, 7) is 11.5. The molecule has 7 amide bonds. The highest BCUT2D eigenvalue weighted by Crippen LogP contribution is 2.28. The average molecular weight is 849 g/mol. The summed E-state index contributed by atoms with van der Waals surface area (Å²) in [5.74, 6) is -6.27. The van der Waals surface area contributed by atoms with Crippen LogP contribution in [-0.4, -0.2) is 133 Å². The summed E-state index contributed by atoms with van der Waals surface area (Å²) in [5.41, 5.74) is 5.30. The summed E-state index contributed by atoms with van der Waals surface area (Å²) in [5, 5.41) is 13.3. The van der Waals surface area contributed by atoms with Gasteiger partial charge in [0.2, 0.25) is 35.4 Å². The van der Waals surface area contributed by atoms with Crippen molar-refractivity contribution < 1.29 is 47.8 Å². The second-order valence-electron chi connectivity index (χ2n) is 18.0. The van der Waals surface area contributed by atoms with E-state index >= 15 is 0 Å². The maximum absolute atomic E-state index is 14.2. The Morgan fingerprint density at radius 2 is 1.55 bits per heavy atom. The highest BCUT2D eigenvalue weighted by atomic mass is 16.6. The fourth-order valence-electron chi connectivity index (χ4n) is 7.75. The molecule has 7 N–H and O–H groups in total. The Morgan fingerprint density at radius 3 is 2.15 bits per heavy atom. The fourth-order valence-corrected chi connectivity index (χ4v) is 7.75. The van der Waals surface area contributed by atoms with Gasteiger partial charge in [0.1, 0.15) is 42.4 Å². The van der Waals surface area contributed by atoms with Crippen LogP contribution in [-0.2, 0) is 43.0 Å². The zero-order valence-electron chi connectivity index (χ0n) is 37.1. The third kappa shape index (κ3) is 15.2. The summed E-state index contributed by atoms with van der Waals surface area (Å²) in [6.07, 6.45) is 6.62. The smallest absolute Gasteiger partial charge is 0.410 e. The van der Waals surface area contributed by atoms with E-state index in [-0.39, 0.29) is 31.5 Å². The van der Waals surface area contributed by atoms with Crippen molar-refractivity contribution in [3.05, 3.63) is 0 Å². The van der Waals surface area contributed by atoms with Gasteiger partial charge in [-0.25, -0.2) is 4.79 Å². The van der Waals surface area contributed by atoms with E-state index in [0.29, 0.717) is 32.1 Å². The number of hydrogen-bond donors (Lipinski definition) is 6. The van der Waals surface area contributed by atoms with Gasteiger partial charge >= 0.3 is 12.1 Å². The van der Waals surface area contributed by atoms with Crippen molar-refractivity contribution >= 4 is 47.5 Å². The lowest BCUT2D eigenvalue weighted by Gasteiger charge is -2.38. The lowest BCUT2D eigenvalue weighted by atomic mass is 9.83. The van der Waals surface area contributed by atoms with Crippen molar-refractivity contribution in [2.75, 3.05) is 39.8 Å². The third-order valence-electron chi connectivity index (χ3n) is 11.4. The van der Waals surface area contributed by atoms with Gasteiger partial charge in [0.05, 0.1) is 11.8 Å². The van der Waals surface area contributed by atoms with Crippen LogP contribution in [0.15, 0.2) is 0 Å². The van der Waals surface area contributed by atoms with Gasteiger partial charge in [-0.3, -0.25) is 33.6 Å². The molecule has 0 aromatic heterocycles. The van der Waals surface area contributed by atoms with Crippen molar-refractivity contribution in [1.29, 1.82) is 0 Å².